The van der Waals surface area contributed by atoms with Crippen LogP contribution >= 0.6 is 0 Å². The number of rotatable bonds is 3. The fourth-order valence-electron chi connectivity index (χ4n) is 3.02. The zero-order valence-corrected chi connectivity index (χ0v) is 13.8. The van der Waals surface area contributed by atoms with Crippen LogP contribution in [-0.4, -0.2) is 4.98 Å². The van der Waals surface area contributed by atoms with E-state index < -0.39 is 17.7 Å². The highest BCUT2D eigenvalue weighted by atomic mass is 19.1. The quantitative estimate of drug-likeness (QED) is 0.734. The summed E-state index contributed by atoms with van der Waals surface area (Å²) in [5.74, 6) is 0.463. The van der Waals surface area contributed by atoms with Gasteiger partial charge in [-0.05, 0) is 54.8 Å². The molecule has 2 aromatic carbocycles. The van der Waals surface area contributed by atoms with Gasteiger partial charge < -0.3 is 15.2 Å². The molecular weight excluding hydrogens is 338 g/mol. The molecule has 1 unspecified atom stereocenters. The normalized spacial score (nSPS) is 15.8. The van der Waals surface area contributed by atoms with Gasteiger partial charge in [0.05, 0.1) is 17.4 Å². The number of nitrogen functional groups attached to an aromatic ring is 1. The van der Waals surface area contributed by atoms with E-state index in [2.05, 4.69) is 4.98 Å². The minimum absolute atomic E-state index is 0.0236. The molecule has 0 spiro atoms. The minimum atomic E-state index is -0.644. The summed E-state index contributed by atoms with van der Waals surface area (Å²) < 4.78 is 39.5. The van der Waals surface area contributed by atoms with Crippen LogP contribution < -0.4 is 15.2 Å². The van der Waals surface area contributed by atoms with Crippen LogP contribution in [0.25, 0.3) is 0 Å². The van der Waals surface area contributed by atoms with E-state index in [0.717, 1.165) is 5.56 Å². The molecule has 132 valence electrons. The Morgan fingerprint density at radius 3 is 2.62 bits per heavy atom. The summed E-state index contributed by atoms with van der Waals surface area (Å²) in [6, 6.07) is 12.5. The molecule has 2 N–H and O–H groups in total. The first kappa shape index (κ1) is 16.3. The number of benzene rings is 2. The zero-order chi connectivity index (χ0) is 18.1. The second kappa shape index (κ2) is 6.63. The molecule has 1 atom stereocenters. The van der Waals surface area contributed by atoms with Crippen LogP contribution in [0.5, 0.6) is 17.4 Å². The van der Waals surface area contributed by atoms with Gasteiger partial charge >= 0.3 is 0 Å². The molecule has 26 heavy (non-hydrogen) atoms. The third-order valence-corrected chi connectivity index (χ3v) is 4.28. The molecule has 0 saturated carbocycles. The number of ether oxygens (including phenoxy) is 2. The lowest BCUT2D eigenvalue weighted by Gasteiger charge is -2.27. The van der Waals surface area contributed by atoms with Gasteiger partial charge in [-0.1, -0.05) is 6.07 Å². The molecule has 0 amide bonds. The topological polar surface area (TPSA) is 57.4 Å². The summed E-state index contributed by atoms with van der Waals surface area (Å²) in [7, 11) is 0. The third-order valence-electron chi connectivity index (χ3n) is 4.28. The molecule has 4 nitrogen and oxygen atoms in total. The summed E-state index contributed by atoms with van der Waals surface area (Å²) in [4.78, 5) is 4.09. The van der Waals surface area contributed by atoms with Crippen molar-refractivity contribution in [1.29, 1.82) is 0 Å². The molecule has 6 heteroatoms. The molecule has 0 fully saturated rings. The van der Waals surface area contributed by atoms with E-state index >= 15 is 0 Å². The fraction of sp³-hybridized carbons (Fsp3) is 0.150. The van der Waals surface area contributed by atoms with E-state index in [9.17, 15) is 8.78 Å². The Hall–Kier alpha value is -3.15. The van der Waals surface area contributed by atoms with Gasteiger partial charge in [-0.3, -0.25) is 0 Å². The van der Waals surface area contributed by atoms with Crippen LogP contribution in [-0.2, 0) is 6.42 Å². The monoisotopic (exact) mass is 354 g/mol. The molecule has 0 saturated heterocycles. The Morgan fingerprint density at radius 2 is 1.88 bits per heavy atom. The Bertz CT molecular complexity index is 925. The van der Waals surface area contributed by atoms with Crippen LogP contribution in [0.15, 0.2) is 54.7 Å². The van der Waals surface area contributed by atoms with Crippen molar-refractivity contribution in [3.63, 3.8) is 0 Å². The second-order valence-electron chi connectivity index (χ2n) is 6.08. The van der Waals surface area contributed by atoms with Gasteiger partial charge in [-0.15, -0.1) is 0 Å². The summed E-state index contributed by atoms with van der Waals surface area (Å²) in [6.07, 6.45) is 1.98. The van der Waals surface area contributed by atoms with Crippen LogP contribution in [0.1, 0.15) is 23.7 Å². The Labute approximate surface area is 149 Å². The average molecular weight is 354 g/mol. The maximum absolute atomic E-state index is 14.0. The lowest BCUT2D eigenvalue weighted by Crippen LogP contribution is -2.17. The first-order valence-electron chi connectivity index (χ1n) is 8.23. The molecule has 0 aliphatic carbocycles. The van der Waals surface area contributed by atoms with Crippen molar-refractivity contribution < 1.29 is 18.3 Å². The second-order valence-corrected chi connectivity index (χ2v) is 6.08. The number of aryl methyl sites for hydroxylation is 1. The molecule has 3 aromatic rings. The summed E-state index contributed by atoms with van der Waals surface area (Å²) in [5, 5.41) is 0. The third kappa shape index (κ3) is 3.18. The van der Waals surface area contributed by atoms with Crippen LogP contribution in [0.4, 0.5) is 14.5 Å². The highest BCUT2D eigenvalue weighted by Crippen LogP contribution is 2.38. The summed E-state index contributed by atoms with van der Waals surface area (Å²) in [6.45, 7) is 0. The number of fused-ring (bicyclic) bond motifs is 1. The van der Waals surface area contributed by atoms with Crippen LogP contribution in [0, 0.1) is 11.6 Å². The number of anilines is 1. The highest BCUT2D eigenvalue weighted by Gasteiger charge is 2.26. The van der Waals surface area contributed by atoms with Gasteiger partial charge in [0.15, 0.2) is 0 Å². The summed E-state index contributed by atoms with van der Waals surface area (Å²) >= 11 is 0. The van der Waals surface area contributed by atoms with Crippen molar-refractivity contribution in [3.05, 3.63) is 77.5 Å². The predicted octanol–water partition coefficient (Wildman–Crippen LogP) is 4.80. The van der Waals surface area contributed by atoms with Crippen LogP contribution in [0.3, 0.4) is 0 Å². The van der Waals surface area contributed by atoms with E-state index in [4.69, 9.17) is 15.2 Å². The first-order valence-corrected chi connectivity index (χ1v) is 8.23. The van der Waals surface area contributed by atoms with E-state index in [0.29, 0.717) is 35.9 Å². The maximum atomic E-state index is 14.0. The van der Waals surface area contributed by atoms with Crippen molar-refractivity contribution in [2.24, 2.45) is 0 Å². The van der Waals surface area contributed by atoms with Crippen molar-refractivity contribution in [2.45, 2.75) is 18.9 Å². The number of hydrogen-bond acceptors (Lipinski definition) is 4. The van der Waals surface area contributed by atoms with Gasteiger partial charge in [-0.25, -0.2) is 13.8 Å². The van der Waals surface area contributed by atoms with Crippen molar-refractivity contribution in [3.8, 4) is 17.4 Å². The Kier molecular flexibility index (Phi) is 4.16. The molecule has 1 aromatic heterocycles. The van der Waals surface area contributed by atoms with E-state index in [1.165, 1.54) is 24.4 Å². The lowest BCUT2D eigenvalue weighted by atomic mass is 9.96. The van der Waals surface area contributed by atoms with E-state index in [1.807, 2.05) is 6.07 Å². The van der Waals surface area contributed by atoms with Gasteiger partial charge in [0.25, 0.3) is 0 Å². The highest BCUT2D eigenvalue weighted by molar-refractivity contribution is 5.44. The number of nitrogens with two attached hydrogens (primary N) is 1. The molecule has 4 rings (SSSR count). The molecule has 1 aliphatic rings. The number of nitrogens with zero attached hydrogens (tertiary/aromatic N) is 1. The zero-order valence-electron chi connectivity index (χ0n) is 13.8. The maximum Gasteiger partial charge on any atom is 0.219 e. The largest absolute Gasteiger partial charge is 0.485 e. The van der Waals surface area contributed by atoms with E-state index in [1.54, 1.807) is 24.3 Å². The van der Waals surface area contributed by atoms with Gasteiger partial charge in [0, 0.05) is 6.07 Å². The van der Waals surface area contributed by atoms with Crippen LogP contribution in [0.2, 0.25) is 0 Å². The Balaban J connectivity index is 1.55. The first-order chi connectivity index (χ1) is 12.6. The number of aromatic nitrogens is 1. The standard InChI is InChI=1S/C20H16F2N2O2/c21-15-2-1-3-16(22)20(15)18-7-4-12-10-14(6-8-17(12)26-18)25-19-9-5-13(23)11-24-19/h1-3,5-6,8-11,18H,4,7,23H2. The molecule has 0 bridgehead atoms. The van der Waals surface area contributed by atoms with Gasteiger partial charge in [0.2, 0.25) is 5.88 Å². The smallest absolute Gasteiger partial charge is 0.219 e. The van der Waals surface area contributed by atoms with Crippen molar-refractivity contribution >= 4 is 5.69 Å². The van der Waals surface area contributed by atoms with Crippen molar-refractivity contribution in [2.75, 3.05) is 5.73 Å². The molecule has 0 radical (unpaired) electrons. The Morgan fingerprint density at radius 1 is 1.08 bits per heavy atom. The molecular formula is C20H16F2N2O2. The number of pyridine rings is 1. The predicted molar refractivity (Wildman–Crippen MR) is 93.2 cm³/mol. The van der Waals surface area contributed by atoms with E-state index in [-0.39, 0.29) is 5.56 Å². The molecule has 1 aliphatic heterocycles. The fourth-order valence-corrected chi connectivity index (χ4v) is 3.02. The average Bonchev–Trinajstić information content (AvgIpc) is 2.63. The number of halogens is 2. The lowest BCUT2D eigenvalue weighted by molar-refractivity contribution is 0.167. The SMILES string of the molecule is Nc1ccc(Oc2ccc3c(c2)CCC(c2c(F)cccc2F)O3)nc1. The number of hydrogen-bond donors (Lipinski definition) is 1. The van der Waals surface area contributed by atoms with Gasteiger partial charge in [0.1, 0.15) is 29.2 Å². The minimum Gasteiger partial charge on any atom is -0.485 e. The van der Waals surface area contributed by atoms with Gasteiger partial charge in [-0.2, -0.15) is 0 Å². The van der Waals surface area contributed by atoms with Crippen molar-refractivity contribution in [1.82, 2.24) is 4.98 Å². The molecule has 2 heterocycles. The summed E-state index contributed by atoms with van der Waals surface area (Å²) in [5.41, 5.74) is 7.06.